The number of likely N-dealkylation sites (N-methyl/N-ethyl adjacent to an activating group) is 2. The first-order valence-corrected chi connectivity index (χ1v) is 10.4. The molecule has 7 heteroatoms. The Balaban J connectivity index is 1.39. The molecule has 3 rings (SSSR count). The molecule has 0 radical (unpaired) electrons. The monoisotopic (exact) mass is 410 g/mol. The molecule has 0 aliphatic carbocycles. The van der Waals surface area contributed by atoms with Gasteiger partial charge in [0.25, 0.3) is 0 Å². The Morgan fingerprint density at radius 2 is 1.83 bits per heavy atom. The maximum absolute atomic E-state index is 12.5. The van der Waals surface area contributed by atoms with Gasteiger partial charge in [-0.3, -0.25) is 4.79 Å². The van der Waals surface area contributed by atoms with E-state index in [0.717, 1.165) is 30.1 Å². The molecule has 1 atom stereocenters. The van der Waals surface area contributed by atoms with Crippen molar-refractivity contribution < 1.29 is 14.3 Å². The molecule has 1 aliphatic rings. The van der Waals surface area contributed by atoms with Crippen molar-refractivity contribution in [1.29, 1.82) is 0 Å². The number of nitrogens with zero attached hydrogens (tertiary/aromatic N) is 2. The largest absolute Gasteiger partial charge is 0.485 e. The highest BCUT2D eigenvalue weighted by atomic mass is 16.5. The summed E-state index contributed by atoms with van der Waals surface area (Å²) < 4.78 is 6.09. The first-order valence-electron chi connectivity index (χ1n) is 10.4. The zero-order chi connectivity index (χ0) is 21.3. The minimum absolute atomic E-state index is 0.0242. The van der Waals surface area contributed by atoms with Gasteiger partial charge in [0.05, 0.1) is 18.8 Å². The Morgan fingerprint density at radius 3 is 2.60 bits per heavy atom. The van der Waals surface area contributed by atoms with Gasteiger partial charge < -0.3 is 25.2 Å². The Hall–Kier alpha value is -3.22. The van der Waals surface area contributed by atoms with Crippen molar-refractivity contribution in [3.63, 3.8) is 0 Å². The van der Waals surface area contributed by atoms with Gasteiger partial charge in [-0.25, -0.2) is 4.79 Å². The molecule has 0 spiro atoms. The van der Waals surface area contributed by atoms with Gasteiger partial charge in [-0.15, -0.1) is 0 Å². The quantitative estimate of drug-likeness (QED) is 0.702. The summed E-state index contributed by atoms with van der Waals surface area (Å²) in [6, 6.07) is 17.4. The van der Waals surface area contributed by atoms with E-state index in [-0.39, 0.29) is 24.5 Å². The summed E-state index contributed by atoms with van der Waals surface area (Å²) in [5.74, 6) is 0.831. The molecule has 0 bridgehead atoms. The zero-order valence-electron chi connectivity index (χ0n) is 17.6. The summed E-state index contributed by atoms with van der Waals surface area (Å²) in [6.07, 6.45) is 0.159. The van der Waals surface area contributed by atoms with Crippen LogP contribution in [-0.4, -0.2) is 56.2 Å². The van der Waals surface area contributed by atoms with Gasteiger partial charge in [-0.1, -0.05) is 42.5 Å². The van der Waals surface area contributed by atoms with Gasteiger partial charge in [0.15, 0.2) is 0 Å². The predicted octanol–water partition coefficient (Wildman–Crippen LogP) is 2.62. The standard InChI is InChI=1S/C23H30N4O3/c1-3-27-17-19(30-21-12-8-7-11-20(21)27)16-26(2)22(28)13-14-24-23(29)25-15-18-9-5-4-6-10-18/h4-12,19H,3,13-17H2,1-2H3,(H2,24,25,29). The van der Waals surface area contributed by atoms with Crippen molar-refractivity contribution in [2.24, 2.45) is 0 Å². The second kappa shape index (κ2) is 10.5. The van der Waals surface area contributed by atoms with Crippen molar-refractivity contribution in [3.05, 3.63) is 60.2 Å². The SMILES string of the molecule is CCN1CC(CN(C)C(=O)CCNC(=O)NCc2ccccc2)Oc2ccccc21. The molecular weight excluding hydrogens is 380 g/mol. The van der Waals surface area contributed by atoms with Crippen LogP contribution in [0, 0.1) is 0 Å². The molecule has 0 fully saturated rings. The van der Waals surface area contributed by atoms with E-state index < -0.39 is 0 Å². The summed E-state index contributed by atoms with van der Waals surface area (Å²) in [5, 5.41) is 5.52. The maximum Gasteiger partial charge on any atom is 0.315 e. The second-order valence-corrected chi connectivity index (χ2v) is 7.37. The summed E-state index contributed by atoms with van der Waals surface area (Å²) >= 11 is 0. The van der Waals surface area contributed by atoms with E-state index in [9.17, 15) is 9.59 Å². The van der Waals surface area contributed by atoms with E-state index in [1.54, 1.807) is 11.9 Å². The average molecular weight is 411 g/mol. The van der Waals surface area contributed by atoms with E-state index in [0.29, 0.717) is 19.6 Å². The number of hydrogen-bond acceptors (Lipinski definition) is 4. The van der Waals surface area contributed by atoms with Crippen LogP contribution in [0.15, 0.2) is 54.6 Å². The van der Waals surface area contributed by atoms with Gasteiger partial charge in [-0.05, 0) is 24.6 Å². The molecule has 30 heavy (non-hydrogen) atoms. The minimum Gasteiger partial charge on any atom is -0.485 e. The van der Waals surface area contributed by atoms with Crippen LogP contribution in [0.2, 0.25) is 0 Å². The van der Waals surface area contributed by atoms with Gasteiger partial charge in [-0.2, -0.15) is 0 Å². The molecule has 1 aliphatic heterocycles. The molecule has 7 nitrogen and oxygen atoms in total. The first-order chi connectivity index (χ1) is 14.6. The molecule has 1 unspecified atom stereocenters. The summed E-state index contributed by atoms with van der Waals surface area (Å²) in [5.41, 5.74) is 2.12. The van der Waals surface area contributed by atoms with E-state index in [1.165, 1.54) is 0 Å². The Kier molecular flexibility index (Phi) is 7.54. The topological polar surface area (TPSA) is 73.9 Å². The number of amides is 3. The lowest BCUT2D eigenvalue weighted by Crippen LogP contribution is -2.47. The second-order valence-electron chi connectivity index (χ2n) is 7.37. The van der Waals surface area contributed by atoms with Gasteiger partial charge in [0.1, 0.15) is 11.9 Å². The van der Waals surface area contributed by atoms with Crippen LogP contribution in [-0.2, 0) is 11.3 Å². The van der Waals surface area contributed by atoms with E-state index in [2.05, 4.69) is 28.5 Å². The number of carbonyl (C=O) groups is 2. The molecule has 1 heterocycles. The highest BCUT2D eigenvalue weighted by molar-refractivity contribution is 5.78. The minimum atomic E-state index is -0.278. The molecule has 0 saturated carbocycles. The van der Waals surface area contributed by atoms with Crippen LogP contribution in [0.1, 0.15) is 18.9 Å². The van der Waals surface area contributed by atoms with Gasteiger partial charge in [0.2, 0.25) is 5.91 Å². The fourth-order valence-corrected chi connectivity index (χ4v) is 3.50. The summed E-state index contributed by atoms with van der Waals surface area (Å²) in [4.78, 5) is 28.3. The van der Waals surface area contributed by atoms with Gasteiger partial charge in [0, 0.05) is 33.1 Å². The first kappa shape index (κ1) is 21.5. The molecule has 2 aromatic carbocycles. The highest BCUT2D eigenvalue weighted by Gasteiger charge is 2.26. The third-order valence-corrected chi connectivity index (χ3v) is 5.13. The van der Waals surface area contributed by atoms with Crippen LogP contribution >= 0.6 is 0 Å². The van der Waals surface area contributed by atoms with Crippen molar-refractivity contribution in [2.45, 2.75) is 26.0 Å². The number of para-hydroxylation sites is 2. The number of benzene rings is 2. The Morgan fingerprint density at radius 1 is 1.10 bits per heavy atom. The summed E-state index contributed by atoms with van der Waals surface area (Å²) in [6.45, 7) is 4.99. The lowest BCUT2D eigenvalue weighted by molar-refractivity contribution is -0.130. The highest BCUT2D eigenvalue weighted by Crippen LogP contribution is 2.32. The lowest BCUT2D eigenvalue weighted by Gasteiger charge is -2.37. The number of ether oxygens (including phenoxy) is 1. The number of fused-ring (bicyclic) bond motifs is 1. The van der Waals surface area contributed by atoms with Crippen LogP contribution < -0.4 is 20.3 Å². The molecule has 2 aromatic rings. The molecule has 0 saturated heterocycles. The summed E-state index contributed by atoms with van der Waals surface area (Å²) in [7, 11) is 1.78. The number of hydrogen-bond donors (Lipinski definition) is 2. The predicted molar refractivity (Wildman–Crippen MR) is 118 cm³/mol. The maximum atomic E-state index is 12.5. The van der Waals surface area contributed by atoms with E-state index in [4.69, 9.17) is 4.74 Å². The third kappa shape index (κ3) is 5.89. The Bertz CT molecular complexity index is 843. The number of nitrogens with one attached hydrogen (secondary N) is 2. The molecule has 160 valence electrons. The zero-order valence-corrected chi connectivity index (χ0v) is 17.6. The van der Waals surface area contributed by atoms with E-state index in [1.807, 2.05) is 48.5 Å². The smallest absolute Gasteiger partial charge is 0.315 e. The van der Waals surface area contributed by atoms with Crippen molar-refractivity contribution in [3.8, 4) is 5.75 Å². The van der Waals surface area contributed by atoms with Crippen LogP contribution in [0.25, 0.3) is 0 Å². The van der Waals surface area contributed by atoms with Crippen molar-refractivity contribution >= 4 is 17.6 Å². The fourth-order valence-electron chi connectivity index (χ4n) is 3.50. The Labute approximate surface area is 178 Å². The number of carbonyl (C=O) groups excluding carboxylic acids is 2. The number of anilines is 1. The lowest BCUT2D eigenvalue weighted by atomic mass is 10.1. The average Bonchev–Trinajstić information content (AvgIpc) is 2.77. The number of rotatable bonds is 8. The van der Waals surface area contributed by atoms with Crippen LogP contribution in [0.3, 0.4) is 0 Å². The van der Waals surface area contributed by atoms with E-state index >= 15 is 0 Å². The molecule has 2 N–H and O–H groups in total. The van der Waals surface area contributed by atoms with Crippen molar-refractivity contribution in [2.75, 3.05) is 38.1 Å². The number of urea groups is 1. The van der Waals surface area contributed by atoms with Crippen molar-refractivity contribution in [1.82, 2.24) is 15.5 Å². The molecule has 3 amide bonds. The third-order valence-electron chi connectivity index (χ3n) is 5.13. The van der Waals surface area contributed by atoms with Crippen LogP contribution in [0.4, 0.5) is 10.5 Å². The fraction of sp³-hybridized carbons (Fsp3) is 0.391. The molecule has 0 aromatic heterocycles. The normalized spacial score (nSPS) is 15.0. The van der Waals surface area contributed by atoms with Crippen LogP contribution in [0.5, 0.6) is 5.75 Å². The van der Waals surface area contributed by atoms with Gasteiger partial charge >= 0.3 is 6.03 Å². The molecular formula is C23H30N4O3.